The molecule has 0 unspecified atom stereocenters. The molecule has 0 spiro atoms. The van der Waals surface area contributed by atoms with E-state index in [4.69, 9.17) is 9.72 Å². The van der Waals surface area contributed by atoms with Gasteiger partial charge in [-0.25, -0.2) is 4.98 Å². The molecule has 0 saturated carbocycles. The minimum absolute atomic E-state index is 0.0142. The molecule has 2 aliphatic rings. The zero-order chi connectivity index (χ0) is 17.2. The molecule has 0 aliphatic carbocycles. The van der Waals surface area contributed by atoms with Crippen LogP contribution in [-0.4, -0.2) is 35.1 Å². The van der Waals surface area contributed by atoms with E-state index in [0.29, 0.717) is 13.2 Å². The summed E-state index contributed by atoms with van der Waals surface area (Å²) >= 11 is 0. The van der Waals surface area contributed by atoms with E-state index >= 15 is 0 Å². The topological polar surface area (TPSA) is 67.3 Å². The van der Waals surface area contributed by atoms with Gasteiger partial charge in [0.15, 0.2) is 0 Å². The Bertz CT molecular complexity index is 770. The van der Waals surface area contributed by atoms with Crippen molar-refractivity contribution in [3.8, 4) is 0 Å². The molecule has 1 N–H and O–H groups in total. The summed E-state index contributed by atoms with van der Waals surface area (Å²) in [4.78, 5) is 22.9. The Labute approximate surface area is 147 Å². The molecule has 0 bridgehead atoms. The van der Waals surface area contributed by atoms with Crippen LogP contribution in [-0.2, 0) is 17.9 Å². The Balaban J connectivity index is 1.37. The number of rotatable bonds is 4. The first-order valence-corrected chi connectivity index (χ1v) is 8.75. The second-order valence-corrected chi connectivity index (χ2v) is 6.66. The van der Waals surface area contributed by atoms with Crippen LogP contribution in [0.3, 0.4) is 0 Å². The van der Waals surface area contributed by atoms with Crippen LogP contribution in [0.2, 0.25) is 0 Å². The molecule has 1 saturated heterocycles. The lowest BCUT2D eigenvalue weighted by Crippen LogP contribution is -2.38. The number of piperidine rings is 1. The van der Waals surface area contributed by atoms with Gasteiger partial charge in [-0.3, -0.25) is 9.78 Å². The van der Waals surface area contributed by atoms with Crippen LogP contribution in [0.5, 0.6) is 0 Å². The number of carbonyl (C=O) groups excluding carboxylic acids is 1. The number of aromatic nitrogens is 2. The number of pyridine rings is 2. The van der Waals surface area contributed by atoms with Gasteiger partial charge in [-0.15, -0.1) is 0 Å². The molecule has 25 heavy (non-hydrogen) atoms. The molecule has 130 valence electrons. The van der Waals surface area contributed by atoms with Gasteiger partial charge < -0.3 is 15.0 Å². The molecule has 0 atom stereocenters. The smallest absolute Gasteiger partial charge is 0.253 e. The molecule has 4 rings (SSSR count). The van der Waals surface area contributed by atoms with E-state index in [1.165, 1.54) is 0 Å². The first kappa shape index (κ1) is 16.0. The van der Waals surface area contributed by atoms with Crippen molar-refractivity contribution < 1.29 is 9.53 Å². The minimum Gasteiger partial charge on any atom is -0.373 e. The molecule has 0 aromatic carbocycles. The highest BCUT2D eigenvalue weighted by Crippen LogP contribution is 2.27. The quantitative estimate of drug-likeness (QED) is 0.926. The number of nitrogens with one attached hydrogen (secondary N) is 1. The maximum absolute atomic E-state index is 11.8. The minimum atomic E-state index is -0.0142. The van der Waals surface area contributed by atoms with Gasteiger partial charge in [0.1, 0.15) is 5.82 Å². The predicted octanol–water partition coefficient (Wildman–Crippen LogP) is 2.21. The van der Waals surface area contributed by atoms with Gasteiger partial charge in [0.2, 0.25) is 0 Å². The van der Waals surface area contributed by atoms with Crippen molar-refractivity contribution in [3.05, 3.63) is 53.0 Å². The van der Waals surface area contributed by atoms with E-state index in [1.54, 1.807) is 6.20 Å². The fourth-order valence-electron chi connectivity index (χ4n) is 3.48. The Hall–Kier alpha value is -2.47. The van der Waals surface area contributed by atoms with Crippen molar-refractivity contribution in [2.24, 2.45) is 0 Å². The average molecular weight is 338 g/mol. The van der Waals surface area contributed by atoms with Crippen LogP contribution >= 0.6 is 0 Å². The van der Waals surface area contributed by atoms with Gasteiger partial charge in [0.05, 0.1) is 30.5 Å². The van der Waals surface area contributed by atoms with Crippen molar-refractivity contribution in [2.45, 2.75) is 39.0 Å². The summed E-state index contributed by atoms with van der Waals surface area (Å²) in [6.45, 7) is 5.02. The second-order valence-electron chi connectivity index (χ2n) is 6.66. The van der Waals surface area contributed by atoms with Crippen LogP contribution in [0, 0.1) is 6.92 Å². The molecule has 2 aromatic rings. The van der Waals surface area contributed by atoms with Crippen LogP contribution in [0.1, 0.15) is 40.0 Å². The van der Waals surface area contributed by atoms with Crippen molar-refractivity contribution in [2.75, 3.05) is 18.0 Å². The number of aryl methyl sites for hydroxylation is 1. The average Bonchev–Trinajstić information content (AvgIpc) is 3.01. The number of anilines is 1. The lowest BCUT2D eigenvalue weighted by Gasteiger charge is -2.33. The largest absolute Gasteiger partial charge is 0.373 e. The molecule has 2 aromatic heterocycles. The van der Waals surface area contributed by atoms with E-state index < -0.39 is 0 Å². The van der Waals surface area contributed by atoms with Gasteiger partial charge in [-0.2, -0.15) is 0 Å². The Morgan fingerprint density at radius 1 is 1.36 bits per heavy atom. The predicted molar refractivity (Wildman–Crippen MR) is 94.4 cm³/mol. The fourth-order valence-corrected chi connectivity index (χ4v) is 3.48. The van der Waals surface area contributed by atoms with Crippen molar-refractivity contribution in [3.63, 3.8) is 0 Å². The van der Waals surface area contributed by atoms with Crippen LogP contribution < -0.4 is 10.2 Å². The van der Waals surface area contributed by atoms with E-state index in [1.807, 2.05) is 31.3 Å². The summed E-state index contributed by atoms with van der Waals surface area (Å²) in [6, 6.07) is 5.93. The summed E-state index contributed by atoms with van der Waals surface area (Å²) in [5, 5.41) is 2.84. The number of nitrogens with zero attached hydrogens (tertiary/aromatic N) is 3. The summed E-state index contributed by atoms with van der Waals surface area (Å²) < 4.78 is 6.03. The third kappa shape index (κ3) is 3.35. The summed E-state index contributed by atoms with van der Waals surface area (Å²) in [5.74, 6) is 0.987. The summed E-state index contributed by atoms with van der Waals surface area (Å²) in [6.07, 6.45) is 5.86. The Morgan fingerprint density at radius 2 is 2.20 bits per heavy atom. The second kappa shape index (κ2) is 6.80. The van der Waals surface area contributed by atoms with Crippen molar-refractivity contribution in [1.29, 1.82) is 0 Å². The zero-order valence-corrected chi connectivity index (χ0v) is 14.4. The highest BCUT2D eigenvalue weighted by Gasteiger charge is 2.26. The SMILES string of the molecule is Cc1cc2c(nc1N1CCC(OCc3cccnc3)CC1)CNC2=O. The van der Waals surface area contributed by atoms with Crippen molar-refractivity contribution in [1.82, 2.24) is 15.3 Å². The summed E-state index contributed by atoms with van der Waals surface area (Å²) in [5.41, 5.74) is 3.75. The van der Waals surface area contributed by atoms with Crippen molar-refractivity contribution >= 4 is 11.7 Å². The fraction of sp³-hybridized carbons (Fsp3) is 0.421. The number of amides is 1. The molecule has 6 heteroatoms. The van der Waals surface area contributed by atoms with Crippen LogP contribution in [0.15, 0.2) is 30.6 Å². The number of hydrogen-bond donors (Lipinski definition) is 1. The highest BCUT2D eigenvalue weighted by atomic mass is 16.5. The molecule has 2 aliphatic heterocycles. The normalized spacial score (nSPS) is 17.5. The van der Waals surface area contributed by atoms with Crippen LogP contribution in [0.4, 0.5) is 5.82 Å². The lowest BCUT2D eigenvalue weighted by molar-refractivity contribution is 0.0249. The van der Waals surface area contributed by atoms with Gasteiger partial charge in [-0.05, 0) is 43.0 Å². The first-order chi connectivity index (χ1) is 12.2. The van der Waals surface area contributed by atoms with E-state index in [0.717, 1.165) is 54.1 Å². The first-order valence-electron chi connectivity index (χ1n) is 8.75. The number of hydrogen-bond acceptors (Lipinski definition) is 5. The standard InChI is InChI=1S/C19H22N4O2/c1-13-9-16-17(11-21-19(16)24)22-18(13)23-7-4-15(5-8-23)25-12-14-3-2-6-20-10-14/h2-3,6,9-10,15H,4-5,7-8,11-12H2,1H3,(H,21,24). The highest BCUT2D eigenvalue weighted by molar-refractivity contribution is 5.98. The number of fused-ring (bicyclic) bond motifs is 1. The van der Waals surface area contributed by atoms with E-state index in [-0.39, 0.29) is 12.0 Å². The monoisotopic (exact) mass is 338 g/mol. The maximum atomic E-state index is 11.8. The lowest BCUT2D eigenvalue weighted by atomic mass is 10.1. The van der Waals surface area contributed by atoms with E-state index in [9.17, 15) is 4.79 Å². The van der Waals surface area contributed by atoms with Gasteiger partial charge >= 0.3 is 0 Å². The number of ether oxygens (including phenoxy) is 1. The summed E-state index contributed by atoms with van der Waals surface area (Å²) in [7, 11) is 0. The molecular weight excluding hydrogens is 316 g/mol. The third-order valence-corrected chi connectivity index (χ3v) is 4.88. The van der Waals surface area contributed by atoms with Gasteiger partial charge in [0.25, 0.3) is 5.91 Å². The molecule has 1 fully saturated rings. The van der Waals surface area contributed by atoms with Gasteiger partial charge in [-0.1, -0.05) is 6.07 Å². The molecule has 6 nitrogen and oxygen atoms in total. The third-order valence-electron chi connectivity index (χ3n) is 4.88. The molecule has 1 amide bonds. The molecular formula is C19H22N4O2. The van der Waals surface area contributed by atoms with Gasteiger partial charge in [0, 0.05) is 25.5 Å². The molecule has 4 heterocycles. The maximum Gasteiger partial charge on any atom is 0.253 e. The Kier molecular flexibility index (Phi) is 4.36. The van der Waals surface area contributed by atoms with E-state index in [2.05, 4.69) is 15.2 Å². The van der Waals surface area contributed by atoms with Crippen LogP contribution in [0.25, 0.3) is 0 Å². The zero-order valence-electron chi connectivity index (χ0n) is 14.4. The molecule has 0 radical (unpaired) electrons. The Morgan fingerprint density at radius 3 is 2.96 bits per heavy atom. The number of carbonyl (C=O) groups is 1.